The summed E-state index contributed by atoms with van der Waals surface area (Å²) < 4.78 is 7.01. The molecule has 0 spiro atoms. The zero-order chi connectivity index (χ0) is 18.2. The van der Waals surface area contributed by atoms with Gasteiger partial charge in [-0.15, -0.1) is 0 Å². The Morgan fingerprint density at radius 1 is 1.40 bits per heavy atom. The minimum absolute atomic E-state index is 0.439. The van der Waals surface area contributed by atoms with Crippen LogP contribution in [-0.2, 0) is 18.3 Å². The second kappa shape index (κ2) is 6.83. The molecule has 4 unspecified atom stereocenters. The molecule has 1 saturated carbocycles. The van der Waals surface area contributed by atoms with E-state index in [1.165, 1.54) is 12.8 Å². The zero-order valence-electron chi connectivity index (χ0n) is 15.9. The first-order chi connectivity index (χ1) is 11.7. The van der Waals surface area contributed by atoms with Gasteiger partial charge in [0.05, 0.1) is 6.20 Å². The van der Waals surface area contributed by atoms with Gasteiger partial charge in [0.2, 0.25) is 0 Å². The van der Waals surface area contributed by atoms with Crippen molar-refractivity contribution in [2.45, 2.75) is 58.7 Å². The molecule has 6 heteroatoms. The molecule has 0 radical (unpaired) electrons. The van der Waals surface area contributed by atoms with Crippen molar-refractivity contribution in [3.8, 4) is 0 Å². The predicted octanol–water partition coefficient (Wildman–Crippen LogP) is 3.46. The summed E-state index contributed by atoms with van der Waals surface area (Å²) in [6.07, 6.45) is 8.70. The van der Waals surface area contributed by atoms with Crippen LogP contribution in [0.15, 0.2) is 18.3 Å². The van der Waals surface area contributed by atoms with Crippen LogP contribution in [0.3, 0.4) is 0 Å². The average Bonchev–Trinajstić information content (AvgIpc) is 3.21. The molecule has 2 N–H and O–H groups in total. The Hall–Kier alpha value is -1.82. The smallest absolute Gasteiger partial charge is 0.413 e. The van der Waals surface area contributed by atoms with Gasteiger partial charge in [-0.2, -0.15) is 5.10 Å². The lowest BCUT2D eigenvalue weighted by molar-refractivity contribution is 0.0634. The van der Waals surface area contributed by atoms with E-state index in [2.05, 4.69) is 34.8 Å². The van der Waals surface area contributed by atoms with Gasteiger partial charge in [0.15, 0.2) is 0 Å². The number of nitrogens with zero attached hydrogens (tertiary/aromatic N) is 2. The molecular weight excluding hydrogens is 316 g/mol. The molecule has 0 aromatic carbocycles. The molecule has 25 heavy (non-hydrogen) atoms. The number of nitrogens with one attached hydrogen (secondary N) is 2. The van der Waals surface area contributed by atoms with Gasteiger partial charge in [-0.25, -0.2) is 4.79 Å². The molecule has 1 aromatic rings. The maximum Gasteiger partial charge on any atom is 0.413 e. The lowest BCUT2D eigenvalue weighted by atomic mass is 9.87. The maximum absolute atomic E-state index is 12.1. The van der Waals surface area contributed by atoms with Crippen LogP contribution in [0.5, 0.6) is 0 Å². The number of rotatable bonds is 5. The fraction of sp³-hybridized carbons (Fsp3) is 0.684. The number of carbonyl (C=O) groups excluding carboxylic acids is 1. The maximum atomic E-state index is 12.1. The van der Waals surface area contributed by atoms with Crippen molar-refractivity contribution in [3.05, 3.63) is 23.9 Å². The molecule has 1 aromatic heterocycles. The lowest BCUT2D eigenvalue weighted by Gasteiger charge is -2.26. The van der Waals surface area contributed by atoms with Crippen molar-refractivity contribution in [3.63, 3.8) is 0 Å². The minimum atomic E-state index is -0.523. The van der Waals surface area contributed by atoms with Gasteiger partial charge in [-0.1, -0.05) is 12.2 Å². The topological polar surface area (TPSA) is 68.2 Å². The molecule has 4 atom stereocenters. The van der Waals surface area contributed by atoms with Gasteiger partial charge in [-0.05, 0) is 58.3 Å². The normalized spacial score (nSPS) is 26.0. The first-order valence-corrected chi connectivity index (χ1v) is 9.15. The molecule has 1 fully saturated rings. The van der Waals surface area contributed by atoms with Gasteiger partial charge in [0.1, 0.15) is 11.4 Å². The second-order valence-electron chi connectivity index (χ2n) is 8.38. The lowest BCUT2D eigenvalue weighted by Crippen LogP contribution is -2.35. The largest absolute Gasteiger partial charge is 0.444 e. The first kappa shape index (κ1) is 18.0. The van der Waals surface area contributed by atoms with E-state index in [4.69, 9.17) is 4.74 Å². The number of allylic oxidation sites excluding steroid dienone is 2. The van der Waals surface area contributed by atoms with Crippen molar-refractivity contribution in [1.29, 1.82) is 0 Å². The Morgan fingerprint density at radius 2 is 2.16 bits per heavy atom. The predicted molar refractivity (Wildman–Crippen MR) is 98.2 cm³/mol. The molecule has 2 bridgehead atoms. The summed E-state index contributed by atoms with van der Waals surface area (Å²) in [5.41, 5.74) is 0.448. The van der Waals surface area contributed by atoms with Crippen molar-refractivity contribution in [1.82, 2.24) is 15.1 Å². The number of amides is 1. The van der Waals surface area contributed by atoms with E-state index < -0.39 is 11.7 Å². The summed E-state index contributed by atoms with van der Waals surface area (Å²) in [7, 11) is 1.82. The molecule has 0 aliphatic heterocycles. The van der Waals surface area contributed by atoms with Crippen LogP contribution in [-0.4, -0.2) is 27.5 Å². The third-order valence-corrected chi connectivity index (χ3v) is 5.22. The summed E-state index contributed by atoms with van der Waals surface area (Å²) >= 11 is 0. The number of hydrogen-bond acceptors (Lipinski definition) is 4. The van der Waals surface area contributed by atoms with Crippen LogP contribution >= 0.6 is 0 Å². The summed E-state index contributed by atoms with van der Waals surface area (Å²) in [5, 5.41) is 10.7. The molecule has 1 amide bonds. The van der Waals surface area contributed by atoms with Crippen LogP contribution in [0.1, 0.15) is 46.1 Å². The molecule has 2 aliphatic rings. The first-order valence-electron chi connectivity index (χ1n) is 9.15. The van der Waals surface area contributed by atoms with E-state index >= 15 is 0 Å². The van der Waals surface area contributed by atoms with Crippen molar-refractivity contribution in [2.75, 3.05) is 5.32 Å². The fourth-order valence-corrected chi connectivity index (χ4v) is 3.99. The summed E-state index contributed by atoms with van der Waals surface area (Å²) in [6.45, 7) is 8.49. The minimum Gasteiger partial charge on any atom is -0.444 e. The molecule has 1 heterocycles. The molecule has 0 saturated heterocycles. The van der Waals surface area contributed by atoms with Crippen molar-refractivity contribution in [2.24, 2.45) is 24.8 Å². The zero-order valence-corrected chi connectivity index (χ0v) is 15.9. The SMILES string of the molecule is CC(NCc1cnn(C)c1NC(=O)OC(C)(C)C)C1CC2C=CC1C2. The molecular formula is C19H30N4O2. The Bertz CT molecular complexity index is 659. The van der Waals surface area contributed by atoms with Gasteiger partial charge in [0.25, 0.3) is 0 Å². The van der Waals surface area contributed by atoms with Gasteiger partial charge in [0, 0.05) is 25.2 Å². The summed E-state index contributed by atoms with van der Waals surface area (Å²) in [6, 6.07) is 0.439. The van der Waals surface area contributed by atoms with Crippen molar-refractivity contribution >= 4 is 11.9 Å². The van der Waals surface area contributed by atoms with Crippen LogP contribution in [0, 0.1) is 17.8 Å². The molecule has 6 nitrogen and oxygen atoms in total. The Labute approximate surface area is 150 Å². The van der Waals surface area contributed by atoms with E-state index in [1.807, 2.05) is 27.8 Å². The van der Waals surface area contributed by atoms with Gasteiger partial charge in [-0.3, -0.25) is 10.00 Å². The monoisotopic (exact) mass is 346 g/mol. The number of ether oxygens (including phenoxy) is 1. The second-order valence-corrected chi connectivity index (χ2v) is 8.38. The van der Waals surface area contributed by atoms with Gasteiger partial charge >= 0.3 is 6.09 Å². The standard InChI is InChI=1S/C19H30N4O2/c1-12(16-9-13-6-7-14(16)8-13)20-10-15-11-21-23(5)17(15)22-18(24)25-19(2,3)4/h6-7,11-14,16,20H,8-10H2,1-5H3,(H,22,24). The number of aromatic nitrogens is 2. The van der Waals surface area contributed by atoms with Crippen molar-refractivity contribution < 1.29 is 9.53 Å². The quantitative estimate of drug-likeness (QED) is 0.801. The van der Waals surface area contributed by atoms with E-state index in [1.54, 1.807) is 10.9 Å². The molecule has 3 rings (SSSR count). The fourth-order valence-electron chi connectivity index (χ4n) is 3.99. The number of fused-ring (bicyclic) bond motifs is 2. The Kier molecular flexibility index (Phi) is 4.91. The van der Waals surface area contributed by atoms with Crippen LogP contribution in [0.25, 0.3) is 0 Å². The number of hydrogen-bond donors (Lipinski definition) is 2. The summed E-state index contributed by atoms with van der Waals surface area (Å²) in [5.74, 6) is 2.89. The third kappa shape index (κ3) is 4.24. The van der Waals surface area contributed by atoms with Crippen LogP contribution in [0.2, 0.25) is 0 Å². The van der Waals surface area contributed by atoms with Crippen LogP contribution < -0.4 is 10.6 Å². The Morgan fingerprint density at radius 3 is 2.76 bits per heavy atom. The van der Waals surface area contributed by atoms with E-state index in [0.717, 1.165) is 17.4 Å². The van der Waals surface area contributed by atoms with Crippen LogP contribution in [0.4, 0.5) is 10.6 Å². The number of carbonyl (C=O) groups is 1. The average molecular weight is 346 g/mol. The highest BCUT2D eigenvalue weighted by Crippen LogP contribution is 2.44. The van der Waals surface area contributed by atoms with Gasteiger partial charge < -0.3 is 10.1 Å². The highest BCUT2D eigenvalue weighted by molar-refractivity contribution is 5.84. The number of anilines is 1. The highest BCUT2D eigenvalue weighted by Gasteiger charge is 2.38. The molecule has 2 aliphatic carbocycles. The highest BCUT2D eigenvalue weighted by atomic mass is 16.6. The number of aryl methyl sites for hydroxylation is 1. The Balaban J connectivity index is 1.58. The van der Waals surface area contributed by atoms with E-state index in [9.17, 15) is 4.79 Å². The molecule has 138 valence electrons. The summed E-state index contributed by atoms with van der Waals surface area (Å²) in [4.78, 5) is 12.1. The van der Waals surface area contributed by atoms with E-state index in [0.29, 0.717) is 24.3 Å². The third-order valence-electron chi connectivity index (χ3n) is 5.22. The van der Waals surface area contributed by atoms with E-state index in [-0.39, 0.29) is 0 Å².